The summed E-state index contributed by atoms with van der Waals surface area (Å²) in [6, 6.07) is 0. The molecule has 8 heteroatoms. The van der Waals surface area contributed by atoms with Crippen molar-refractivity contribution < 1.29 is 0 Å². The predicted molar refractivity (Wildman–Crippen MR) is 106 cm³/mol. The van der Waals surface area contributed by atoms with Crippen LogP contribution in [0.25, 0.3) is 11.0 Å². The van der Waals surface area contributed by atoms with E-state index in [9.17, 15) is 0 Å². The quantitative estimate of drug-likeness (QED) is 0.605. The lowest BCUT2D eigenvalue weighted by atomic mass is 10.3. The molecule has 0 aliphatic heterocycles. The van der Waals surface area contributed by atoms with E-state index >= 15 is 0 Å². The normalized spacial score (nSPS) is 10.8. The monoisotopic (exact) mass is 346 g/mol. The molecule has 25 heavy (non-hydrogen) atoms. The molecule has 0 aliphatic rings. The van der Waals surface area contributed by atoms with Gasteiger partial charge in [-0.05, 0) is 26.7 Å². The lowest BCUT2D eigenvalue weighted by Gasteiger charge is -2.21. The van der Waals surface area contributed by atoms with E-state index in [2.05, 4.69) is 58.5 Å². The molecule has 138 valence electrons. The van der Waals surface area contributed by atoms with Crippen LogP contribution in [0.3, 0.4) is 0 Å². The zero-order valence-corrected chi connectivity index (χ0v) is 16.0. The molecule has 0 saturated heterocycles. The average molecular weight is 346 g/mol. The summed E-state index contributed by atoms with van der Waals surface area (Å²) in [6.45, 7) is 11.8. The molecule has 0 aliphatic carbocycles. The lowest BCUT2D eigenvalue weighted by Crippen LogP contribution is -2.25. The molecule has 8 nitrogen and oxygen atoms in total. The van der Waals surface area contributed by atoms with Gasteiger partial charge in [-0.25, -0.2) is 9.97 Å². The summed E-state index contributed by atoms with van der Waals surface area (Å²) < 4.78 is 0. The highest BCUT2D eigenvalue weighted by atomic mass is 15.3. The van der Waals surface area contributed by atoms with Crippen molar-refractivity contribution in [3.05, 3.63) is 0 Å². The summed E-state index contributed by atoms with van der Waals surface area (Å²) in [5.41, 5.74) is 1.49. The van der Waals surface area contributed by atoms with Crippen LogP contribution in [0.2, 0.25) is 0 Å². The van der Waals surface area contributed by atoms with Gasteiger partial charge in [0, 0.05) is 33.2 Å². The van der Waals surface area contributed by atoms with Crippen molar-refractivity contribution in [3.8, 4) is 0 Å². The highest BCUT2D eigenvalue weighted by Crippen LogP contribution is 2.28. The first-order valence-electron chi connectivity index (χ1n) is 9.18. The molecule has 2 aromatic rings. The number of hydrogen-bond acceptors (Lipinski definition) is 8. The van der Waals surface area contributed by atoms with Crippen molar-refractivity contribution in [2.75, 3.05) is 54.1 Å². The van der Waals surface area contributed by atoms with E-state index in [0.717, 1.165) is 61.7 Å². The fourth-order valence-corrected chi connectivity index (χ4v) is 2.50. The maximum Gasteiger partial charge on any atom is 0.228 e. The van der Waals surface area contributed by atoms with E-state index in [1.807, 2.05) is 7.05 Å². The summed E-state index contributed by atoms with van der Waals surface area (Å²) in [5, 5.41) is 9.78. The molecular formula is C17H30N8. The Morgan fingerprint density at radius 1 is 0.760 bits per heavy atom. The van der Waals surface area contributed by atoms with Crippen molar-refractivity contribution >= 4 is 34.6 Å². The van der Waals surface area contributed by atoms with Crippen molar-refractivity contribution in [1.82, 2.24) is 19.9 Å². The van der Waals surface area contributed by atoms with Gasteiger partial charge >= 0.3 is 0 Å². The number of rotatable bonds is 10. The van der Waals surface area contributed by atoms with Crippen LogP contribution >= 0.6 is 0 Å². The molecule has 2 rings (SSSR count). The van der Waals surface area contributed by atoms with Crippen LogP contribution in [0.4, 0.5) is 23.5 Å². The first kappa shape index (κ1) is 19.0. The topological polar surface area (TPSA) is 90.9 Å². The number of fused-ring (bicyclic) bond motifs is 1. The molecule has 0 radical (unpaired) electrons. The zero-order chi connectivity index (χ0) is 18.2. The average Bonchev–Trinajstić information content (AvgIpc) is 2.65. The Morgan fingerprint density at radius 3 is 1.84 bits per heavy atom. The minimum atomic E-state index is 0.560. The molecule has 0 spiro atoms. The number of aromatic nitrogens is 4. The fourth-order valence-electron chi connectivity index (χ4n) is 2.50. The van der Waals surface area contributed by atoms with Gasteiger partial charge in [0.05, 0.1) is 0 Å². The third-order valence-corrected chi connectivity index (χ3v) is 3.89. The van der Waals surface area contributed by atoms with Crippen LogP contribution in [-0.2, 0) is 0 Å². The van der Waals surface area contributed by atoms with Crippen molar-refractivity contribution in [2.24, 2.45) is 0 Å². The van der Waals surface area contributed by atoms with Crippen molar-refractivity contribution in [2.45, 2.75) is 40.5 Å². The van der Waals surface area contributed by atoms with Crippen LogP contribution < -0.4 is 20.9 Å². The minimum absolute atomic E-state index is 0.560. The molecular weight excluding hydrogens is 316 g/mol. The lowest BCUT2D eigenvalue weighted by molar-refractivity contribution is 0.824. The minimum Gasteiger partial charge on any atom is -0.368 e. The van der Waals surface area contributed by atoms with E-state index < -0.39 is 0 Å². The maximum atomic E-state index is 4.77. The third kappa shape index (κ3) is 4.37. The molecule has 3 N–H and O–H groups in total. The molecule has 0 aromatic carbocycles. The van der Waals surface area contributed by atoms with Gasteiger partial charge in [-0.3, -0.25) is 0 Å². The Bertz CT molecular complexity index is 684. The predicted octanol–water partition coefficient (Wildman–Crippen LogP) is 2.95. The van der Waals surface area contributed by atoms with Gasteiger partial charge < -0.3 is 20.9 Å². The Balaban J connectivity index is 2.66. The Kier molecular flexibility index (Phi) is 6.97. The van der Waals surface area contributed by atoms with Gasteiger partial charge in [0.1, 0.15) is 11.0 Å². The van der Waals surface area contributed by atoms with E-state index in [1.54, 1.807) is 0 Å². The highest BCUT2D eigenvalue weighted by Gasteiger charge is 2.17. The number of hydrogen-bond donors (Lipinski definition) is 3. The van der Waals surface area contributed by atoms with E-state index in [4.69, 9.17) is 9.97 Å². The largest absolute Gasteiger partial charge is 0.368 e. The van der Waals surface area contributed by atoms with Crippen LogP contribution in [0, 0.1) is 0 Å². The second-order valence-electron chi connectivity index (χ2n) is 5.74. The van der Waals surface area contributed by atoms with Gasteiger partial charge in [-0.15, -0.1) is 0 Å². The SMILES string of the molecule is CCCNc1nc(N(CC)CC)nc2c(NCCC)nc(NC)nc12. The van der Waals surface area contributed by atoms with Crippen molar-refractivity contribution in [1.29, 1.82) is 0 Å². The fraction of sp³-hybridized carbons (Fsp3) is 0.647. The Morgan fingerprint density at radius 2 is 1.32 bits per heavy atom. The summed E-state index contributed by atoms with van der Waals surface area (Å²) >= 11 is 0. The van der Waals surface area contributed by atoms with Gasteiger partial charge in [0.15, 0.2) is 11.6 Å². The van der Waals surface area contributed by atoms with Crippen LogP contribution in [0.1, 0.15) is 40.5 Å². The number of anilines is 4. The summed E-state index contributed by atoms with van der Waals surface area (Å²) in [5.74, 6) is 2.76. The Labute approximate surface area is 149 Å². The summed E-state index contributed by atoms with van der Waals surface area (Å²) in [6.07, 6.45) is 2.02. The standard InChI is InChI=1S/C17H30N8/c1-6-10-19-14-13-12(21-16(18-5)23-14)15(20-11-7-2)24-17(22-13)25(8-3)9-4/h6-11H2,1-5H3,(H,20,22,24)(H2,18,19,21,23). The first-order valence-corrected chi connectivity index (χ1v) is 9.18. The molecule has 0 amide bonds. The first-order chi connectivity index (χ1) is 12.2. The molecule has 0 bridgehead atoms. The molecule has 0 atom stereocenters. The van der Waals surface area contributed by atoms with Gasteiger partial charge in [-0.1, -0.05) is 13.8 Å². The van der Waals surface area contributed by atoms with Crippen LogP contribution in [-0.4, -0.2) is 53.2 Å². The summed E-state index contributed by atoms with van der Waals surface area (Å²) in [4.78, 5) is 20.8. The molecule has 2 heterocycles. The molecule has 2 aromatic heterocycles. The van der Waals surface area contributed by atoms with E-state index in [1.165, 1.54) is 0 Å². The van der Waals surface area contributed by atoms with Gasteiger partial charge in [0.2, 0.25) is 11.9 Å². The van der Waals surface area contributed by atoms with Gasteiger partial charge in [-0.2, -0.15) is 9.97 Å². The second kappa shape index (κ2) is 9.19. The zero-order valence-electron chi connectivity index (χ0n) is 16.0. The maximum absolute atomic E-state index is 4.77. The number of nitrogens with one attached hydrogen (secondary N) is 3. The van der Waals surface area contributed by atoms with Crippen LogP contribution in [0.15, 0.2) is 0 Å². The van der Waals surface area contributed by atoms with E-state index in [-0.39, 0.29) is 0 Å². The summed E-state index contributed by atoms with van der Waals surface area (Å²) in [7, 11) is 1.81. The second-order valence-corrected chi connectivity index (χ2v) is 5.74. The smallest absolute Gasteiger partial charge is 0.228 e. The Hall–Kier alpha value is -2.38. The van der Waals surface area contributed by atoms with E-state index in [0.29, 0.717) is 11.9 Å². The molecule has 0 saturated carbocycles. The van der Waals surface area contributed by atoms with Gasteiger partial charge in [0.25, 0.3) is 0 Å². The number of nitrogens with zero attached hydrogens (tertiary/aromatic N) is 5. The van der Waals surface area contributed by atoms with Crippen LogP contribution in [0.5, 0.6) is 0 Å². The highest BCUT2D eigenvalue weighted by molar-refractivity contribution is 5.94. The third-order valence-electron chi connectivity index (χ3n) is 3.89. The molecule has 0 fully saturated rings. The molecule has 0 unspecified atom stereocenters. The van der Waals surface area contributed by atoms with Crippen molar-refractivity contribution in [3.63, 3.8) is 0 Å².